The first-order valence-corrected chi connectivity index (χ1v) is 13.1. The molecule has 6 nitrogen and oxygen atoms in total. The van der Waals surface area contributed by atoms with Crippen LogP contribution in [0.5, 0.6) is 0 Å². The summed E-state index contributed by atoms with van der Waals surface area (Å²) in [7, 11) is 0. The highest BCUT2D eigenvalue weighted by atomic mass is 32.1. The predicted molar refractivity (Wildman–Crippen MR) is 142 cm³/mol. The maximum Gasteiger partial charge on any atom is 0.232 e. The lowest BCUT2D eigenvalue weighted by Gasteiger charge is -2.36. The molecule has 2 atom stereocenters. The Hall–Kier alpha value is -2.48. The SMILES string of the molecule is C[C@@H]1CCCN(c2cc(N3CCCC[C@H]3C)nc(NC(=S)NCCCc3ccc(F)cc3)n2)C1. The van der Waals surface area contributed by atoms with E-state index in [4.69, 9.17) is 22.2 Å². The quantitative estimate of drug-likeness (QED) is 0.416. The van der Waals surface area contributed by atoms with E-state index < -0.39 is 0 Å². The molecule has 2 aliphatic rings. The van der Waals surface area contributed by atoms with Gasteiger partial charge in [0.2, 0.25) is 5.95 Å². The molecule has 0 unspecified atom stereocenters. The Balaban J connectivity index is 1.40. The van der Waals surface area contributed by atoms with Crippen LogP contribution in [0.25, 0.3) is 0 Å². The monoisotopic (exact) mass is 484 g/mol. The maximum atomic E-state index is 13.1. The molecule has 2 aromatic rings. The highest BCUT2D eigenvalue weighted by Gasteiger charge is 2.24. The molecule has 184 valence electrons. The summed E-state index contributed by atoms with van der Waals surface area (Å²) in [5, 5.41) is 7.02. The maximum absolute atomic E-state index is 13.1. The Morgan fingerprint density at radius 1 is 1.06 bits per heavy atom. The molecule has 0 aliphatic carbocycles. The smallest absolute Gasteiger partial charge is 0.232 e. The van der Waals surface area contributed by atoms with Crippen molar-refractivity contribution in [2.45, 2.75) is 64.8 Å². The highest BCUT2D eigenvalue weighted by Crippen LogP contribution is 2.29. The lowest BCUT2D eigenvalue weighted by atomic mass is 10.0. The molecular formula is C26H37FN6S. The van der Waals surface area contributed by atoms with Gasteiger partial charge in [-0.05, 0) is 87.7 Å². The third kappa shape index (κ3) is 6.78. The highest BCUT2D eigenvalue weighted by molar-refractivity contribution is 7.80. The van der Waals surface area contributed by atoms with Crippen LogP contribution in [0.15, 0.2) is 30.3 Å². The van der Waals surface area contributed by atoms with Crippen molar-refractivity contribution in [3.05, 3.63) is 41.7 Å². The van der Waals surface area contributed by atoms with Crippen LogP contribution in [0.2, 0.25) is 0 Å². The van der Waals surface area contributed by atoms with Crippen LogP contribution in [-0.2, 0) is 6.42 Å². The summed E-state index contributed by atoms with van der Waals surface area (Å²) in [6.07, 6.45) is 7.89. The molecule has 8 heteroatoms. The fourth-order valence-corrected chi connectivity index (χ4v) is 5.11. The third-order valence-electron chi connectivity index (χ3n) is 6.84. The molecule has 0 radical (unpaired) electrons. The number of aryl methyl sites for hydroxylation is 1. The van der Waals surface area contributed by atoms with Crippen LogP contribution in [0.4, 0.5) is 22.0 Å². The fourth-order valence-electron chi connectivity index (χ4n) is 4.91. The number of rotatable bonds is 7. The Morgan fingerprint density at radius 2 is 1.85 bits per heavy atom. The van der Waals surface area contributed by atoms with Crippen molar-refractivity contribution >= 4 is 34.9 Å². The average molecular weight is 485 g/mol. The number of anilines is 3. The zero-order chi connectivity index (χ0) is 23.9. The van der Waals surface area contributed by atoms with E-state index in [1.165, 1.54) is 44.2 Å². The van der Waals surface area contributed by atoms with Gasteiger partial charge in [0.15, 0.2) is 5.11 Å². The molecule has 1 aromatic carbocycles. The predicted octanol–water partition coefficient (Wildman–Crippen LogP) is 5.15. The normalized spacial score (nSPS) is 20.8. The van der Waals surface area contributed by atoms with Gasteiger partial charge < -0.3 is 20.4 Å². The van der Waals surface area contributed by atoms with Gasteiger partial charge in [-0.1, -0.05) is 19.1 Å². The van der Waals surface area contributed by atoms with Crippen LogP contribution in [-0.4, -0.2) is 47.3 Å². The van der Waals surface area contributed by atoms with Crippen LogP contribution in [0.1, 0.15) is 57.9 Å². The van der Waals surface area contributed by atoms with E-state index in [9.17, 15) is 4.39 Å². The number of thiocarbonyl (C=S) groups is 1. The van der Waals surface area contributed by atoms with Gasteiger partial charge in [-0.2, -0.15) is 9.97 Å². The van der Waals surface area contributed by atoms with E-state index in [0.717, 1.165) is 56.2 Å². The standard InChI is InChI=1S/C26H37FN6S/c1-19-7-6-15-32(18-19)23-17-24(33-16-4-3-8-20(33)2)30-25(29-23)31-26(34)28-14-5-9-21-10-12-22(27)13-11-21/h10-13,17,19-20H,3-9,14-16,18H2,1-2H3,(H2,28,29,30,31,34)/t19-,20-/m1/s1. The van der Waals surface area contributed by atoms with Crippen molar-refractivity contribution in [3.63, 3.8) is 0 Å². The number of benzene rings is 1. The Labute approximate surface area is 208 Å². The van der Waals surface area contributed by atoms with Gasteiger partial charge in [0, 0.05) is 38.3 Å². The first-order valence-electron chi connectivity index (χ1n) is 12.7. The van der Waals surface area contributed by atoms with E-state index in [1.807, 2.05) is 12.1 Å². The first-order chi connectivity index (χ1) is 16.5. The lowest BCUT2D eigenvalue weighted by Crippen LogP contribution is -2.39. The van der Waals surface area contributed by atoms with Gasteiger partial charge >= 0.3 is 0 Å². The van der Waals surface area contributed by atoms with Crippen molar-refractivity contribution in [3.8, 4) is 0 Å². The molecule has 2 saturated heterocycles. The molecule has 0 spiro atoms. The fraction of sp³-hybridized carbons (Fsp3) is 0.577. The largest absolute Gasteiger partial charge is 0.362 e. The van der Waals surface area contributed by atoms with Gasteiger partial charge in [0.1, 0.15) is 17.5 Å². The van der Waals surface area contributed by atoms with Crippen molar-refractivity contribution < 1.29 is 4.39 Å². The summed E-state index contributed by atoms with van der Waals surface area (Å²) in [5.41, 5.74) is 1.12. The van der Waals surface area contributed by atoms with Crippen LogP contribution >= 0.6 is 12.2 Å². The zero-order valence-corrected chi connectivity index (χ0v) is 21.2. The number of aromatic nitrogens is 2. The number of hydrogen-bond donors (Lipinski definition) is 2. The summed E-state index contributed by atoms with van der Waals surface area (Å²) in [6.45, 7) is 8.40. The molecule has 0 bridgehead atoms. The number of piperidine rings is 2. The lowest BCUT2D eigenvalue weighted by molar-refractivity contribution is 0.444. The molecule has 3 heterocycles. The van der Waals surface area contributed by atoms with Crippen molar-refractivity contribution in [1.82, 2.24) is 15.3 Å². The molecule has 2 N–H and O–H groups in total. The van der Waals surface area contributed by atoms with Crippen molar-refractivity contribution in [2.24, 2.45) is 5.92 Å². The summed E-state index contributed by atoms with van der Waals surface area (Å²) < 4.78 is 13.1. The molecule has 4 rings (SSSR count). The minimum Gasteiger partial charge on any atom is -0.362 e. The van der Waals surface area contributed by atoms with Gasteiger partial charge in [0.05, 0.1) is 0 Å². The summed E-state index contributed by atoms with van der Waals surface area (Å²) >= 11 is 5.55. The molecule has 2 fully saturated rings. The minimum absolute atomic E-state index is 0.202. The second-order valence-electron chi connectivity index (χ2n) is 9.75. The second kappa shape index (κ2) is 11.8. The van der Waals surface area contributed by atoms with Gasteiger partial charge in [-0.15, -0.1) is 0 Å². The number of nitrogens with zero attached hydrogens (tertiary/aromatic N) is 4. The third-order valence-corrected chi connectivity index (χ3v) is 7.09. The van der Waals surface area contributed by atoms with E-state index >= 15 is 0 Å². The number of hydrogen-bond acceptors (Lipinski definition) is 5. The van der Waals surface area contributed by atoms with Gasteiger partial charge in [0.25, 0.3) is 0 Å². The molecule has 1 aromatic heterocycles. The van der Waals surface area contributed by atoms with Crippen molar-refractivity contribution in [2.75, 3.05) is 41.3 Å². The summed E-state index contributed by atoms with van der Waals surface area (Å²) in [5.74, 6) is 2.99. The molecule has 34 heavy (non-hydrogen) atoms. The van der Waals surface area contributed by atoms with Crippen LogP contribution < -0.4 is 20.4 Å². The van der Waals surface area contributed by atoms with E-state index in [0.29, 0.717) is 23.0 Å². The minimum atomic E-state index is -0.202. The Morgan fingerprint density at radius 3 is 2.62 bits per heavy atom. The average Bonchev–Trinajstić information content (AvgIpc) is 2.83. The Bertz CT molecular complexity index is 953. The summed E-state index contributed by atoms with van der Waals surface area (Å²) in [6, 6.07) is 9.29. The topological polar surface area (TPSA) is 56.3 Å². The van der Waals surface area contributed by atoms with Crippen molar-refractivity contribution in [1.29, 1.82) is 0 Å². The summed E-state index contributed by atoms with van der Waals surface area (Å²) in [4.78, 5) is 14.5. The van der Waals surface area contributed by atoms with Crippen LogP contribution in [0, 0.1) is 11.7 Å². The zero-order valence-electron chi connectivity index (χ0n) is 20.4. The number of halogens is 1. The molecular weight excluding hydrogens is 447 g/mol. The van der Waals surface area contributed by atoms with Gasteiger partial charge in [-0.25, -0.2) is 4.39 Å². The molecule has 0 amide bonds. The van der Waals surface area contributed by atoms with Gasteiger partial charge in [-0.3, -0.25) is 0 Å². The second-order valence-corrected chi connectivity index (χ2v) is 10.2. The van der Waals surface area contributed by atoms with E-state index in [2.05, 4.69) is 40.3 Å². The molecule has 2 aliphatic heterocycles. The Kier molecular flexibility index (Phi) is 8.53. The number of nitrogens with one attached hydrogen (secondary N) is 2. The first kappa shape index (κ1) is 24.6. The van der Waals surface area contributed by atoms with E-state index in [1.54, 1.807) is 0 Å². The van der Waals surface area contributed by atoms with E-state index in [-0.39, 0.29) is 5.82 Å². The van der Waals surface area contributed by atoms with Crippen LogP contribution in [0.3, 0.4) is 0 Å². The molecule has 0 saturated carbocycles.